The van der Waals surface area contributed by atoms with Crippen molar-refractivity contribution in [2.24, 2.45) is 0 Å². The number of para-hydroxylation sites is 3. The first kappa shape index (κ1) is 22.0. The molecule has 2 heterocycles. The maximum atomic E-state index is 12.6. The Hall–Kier alpha value is -3.78. The average molecular weight is 474 g/mol. The molecule has 3 aromatic carbocycles. The maximum Gasteiger partial charge on any atom is 0.231 e. The highest BCUT2D eigenvalue weighted by Crippen LogP contribution is 2.32. The van der Waals surface area contributed by atoms with Crippen LogP contribution in [0.5, 0.6) is 17.2 Å². The molecule has 0 fully saturated rings. The number of nitrogens with one attached hydrogen (secondary N) is 1. The molecule has 0 spiro atoms. The minimum absolute atomic E-state index is 0.0825. The smallest absolute Gasteiger partial charge is 0.231 e. The number of nitrogens with zero attached hydrogens (tertiary/aromatic N) is 2. The number of thioether (sulfide) groups is 1. The van der Waals surface area contributed by atoms with Gasteiger partial charge in [0, 0.05) is 18.5 Å². The molecule has 5 rings (SSSR count). The molecule has 1 amide bonds. The molecule has 0 aliphatic carbocycles. The zero-order valence-corrected chi connectivity index (χ0v) is 19.4. The fourth-order valence-corrected chi connectivity index (χ4v) is 4.53. The summed E-state index contributed by atoms with van der Waals surface area (Å²) in [6, 6.07) is 21.3. The predicted molar refractivity (Wildman–Crippen MR) is 130 cm³/mol. The van der Waals surface area contributed by atoms with Crippen LogP contribution in [-0.2, 0) is 17.8 Å². The molecule has 1 aromatic heterocycles. The van der Waals surface area contributed by atoms with Crippen molar-refractivity contribution in [1.82, 2.24) is 15.3 Å². The molecule has 0 saturated carbocycles. The van der Waals surface area contributed by atoms with E-state index in [0.717, 1.165) is 44.4 Å². The number of carbonyl (C=O) groups is 1. The molecular formula is C26H23N3O4S. The topological polar surface area (TPSA) is 82.6 Å². The Balaban J connectivity index is 1.30. The van der Waals surface area contributed by atoms with E-state index in [1.54, 1.807) is 7.11 Å². The number of carbonyl (C=O) groups excluding carboxylic acids is 1. The number of rotatable bonds is 8. The van der Waals surface area contributed by atoms with Crippen LogP contribution in [0.2, 0.25) is 0 Å². The molecule has 0 bridgehead atoms. The highest BCUT2D eigenvalue weighted by molar-refractivity contribution is 7.99. The molecule has 34 heavy (non-hydrogen) atoms. The summed E-state index contributed by atoms with van der Waals surface area (Å²) in [5.41, 5.74) is 4.41. The van der Waals surface area contributed by atoms with Gasteiger partial charge in [0.1, 0.15) is 10.8 Å². The van der Waals surface area contributed by atoms with Gasteiger partial charge in [-0.15, -0.1) is 0 Å². The molecule has 1 aliphatic rings. The Kier molecular flexibility index (Phi) is 6.49. The lowest BCUT2D eigenvalue weighted by molar-refractivity contribution is -0.118. The van der Waals surface area contributed by atoms with E-state index in [4.69, 9.17) is 24.2 Å². The van der Waals surface area contributed by atoms with Crippen molar-refractivity contribution >= 4 is 28.7 Å². The number of methoxy groups -OCH3 is 1. The Bertz CT molecular complexity index is 1340. The van der Waals surface area contributed by atoms with Crippen LogP contribution >= 0.6 is 11.8 Å². The number of benzene rings is 3. The van der Waals surface area contributed by atoms with Crippen LogP contribution in [0, 0.1) is 0 Å². The second-order valence-electron chi connectivity index (χ2n) is 7.71. The van der Waals surface area contributed by atoms with Gasteiger partial charge < -0.3 is 19.5 Å². The summed E-state index contributed by atoms with van der Waals surface area (Å²) in [5.74, 6) is 2.38. The third kappa shape index (κ3) is 4.92. The molecule has 0 unspecified atom stereocenters. The first-order valence-electron chi connectivity index (χ1n) is 10.8. The van der Waals surface area contributed by atoms with Gasteiger partial charge in [-0.25, -0.2) is 9.97 Å². The normalized spacial score (nSPS) is 12.0. The van der Waals surface area contributed by atoms with Gasteiger partial charge in [0.05, 0.1) is 29.6 Å². The number of ether oxygens (including phenoxy) is 3. The van der Waals surface area contributed by atoms with E-state index in [1.165, 1.54) is 11.8 Å². The molecule has 4 aromatic rings. The summed E-state index contributed by atoms with van der Waals surface area (Å²) in [5, 5.41) is 3.70. The minimum Gasteiger partial charge on any atom is -0.496 e. The van der Waals surface area contributed by atoms with Crippen LogP contribution in [-0.4, -0.2) is 35.5 Å². The van der Waals surface area contributed by atoms with Gasteiger partial charge in [-0.2, -0.15) is 0 Å². The number of aromatic nitrogens is 2. The lowest BCUT2D eigenvalue weighted by Gasteiger charge is -2.12. The number of fused-ring (bicyclic) bond motifs is 2. The molecule has 8 heteroatoms. The first-order valence-corrected chi connectivity index (χ1v) is 11.8. The molecule has 172 valence electrons. The van der Waals surface area contributed by atoms with Crippen molar-refractivity contribution in [3.05, 3.63) is 83.6 Å². The number of hydrogen-bond acceptors (Lipinski definition) is 7. The van der Waals surface area contributed by atoms with Crippen LogP contribution in [0.4, 0.5) is 0 Å². The van der Waals surface area contributed by atoms with Crippen LogP contribution < -0.4 is 19.5 Å². The Morgan fingerprint density at radius 1 is 1.00 bits per heavy atom. The number of amides is 1. The summed E-state index contributed by atoms with van der Waals surface area (Å²) < 4.78 is 16.2. The molecule has 7 nitrogen and oxygen atoms in total. The van der Waals surface area contributed by atoms with Crippen LogP contribution in [0.3, 0.4) is 0 Å². The molecule has 0 saturated heterocycles. The third-order valence-corrected chi connectivity index (χ3v) is 6.43. The van der Waals surface area contributed by atoms with E-state index in [-0.39, 0.29) is 18.5 Å². The van der Waals surface area contributed by atoms with Gasteiger partial charge >= 0.3 is 0 Å². The van der Waals surface area contributed by atoms with Gasteiger partial charge in [0.15, 0.2) is 11.5 Å². The summed E-state index contributed by atoms with van der Waals surface area (Å²) in [4.78, 5) is 22.3. The summed E-state index contributed by atoms with van der Waals surface area (Å²) in [6.07, 6.45) is 0.559. The van der Waals surface area contributed by atoms with Gasteiger partial charge in [-0.3, -0.25) is 4.79 Å². The molecule has 1 N–H and O–H groups in total. The van der Waals surface area contributed by atoms with E-state index in [2.05, 4.69) is 5.32 Å². The van der Waals surface area contributed by atoms with Crippen LogP contribution in [0.1, 0.15) is 16.8 Å². The largest absolute Gasteiger partial charge is 0.496 e. The lowest BCUT2D eigenvalue weighted by Crippen LogP contribution is -2.24. The van der Waals surface area contributed by atoms with Crippen LogP contribution in [0.15, 0.2) is 71.8 Å². The van der Waals surface area contributed by atoms with Crippen molar-refractivity contribution in [2.45, 2.75) is 18.0 Å². The van der Waals surface area contributed by atoms with Crippen molar-refractivity contribution < 1.29 is 19.0 Å². The van der Waals surface area contributed by atoms with Crippen molar-refractivity contribution in [1.29, 1.82) is 0 Å². The predicted octanol–water partition coefficient (Wildman–Crippen LogP) is 4.37. The van der Waals surface area contributed by atoms with E-state index < -0.39 is 0 Å². The van der Waals surface area contributed by atoms with Gasteiger partial charge in [0.25, 0.3) is 0 Å². The molecular weight excluding hydrogens is 450 g/mol. The molecule has 0 atom stereocenters. The monoisotopic (exact) mass is 473 g/mol. The average Bonchev–Trinajstić information content (AvgIpc) is 3.34. The molecule has 0 radical (unpaired) electrons. The summed E-state index contributed by atoms with van der Waals surface area (Å²) in [6.45, 7) is 0.638. The minimum atomic E-state index is -0.0825. The van der Waals surface area contributed by atoms with Crippen molar-refractivity contribution in [2.75, 3.05) is 19.7 Å². The van der Waals surface area contributed by atoms with Gasteiger partial charge in [-0.05, 0) is 35.9 Å². The number of hydrogen-bond donors (Lipinski definition) is 1. The maximum absolute atomic E-state index is 12.6. The highest BCUT2D eigenvalue weighted by atomic mass is 32.2. The third-order valence-electron chi connectivity index (χ3n) is 5.42. The molecule has 1 aliphatic heterocycles. The Morgan fingerprint density at radius 3 is 2.62 bits per heavy atom. The van der Waals surface area contributed by atoms with Gasteiger partial charge in [0.2, 0.25) is 12.7 Å². The first-order chi connectivity index (χ1) is 16.7. The Morgan fingerprint density at radius 2 is 1.76 bits per heavy atom. The van der Waals surface area contributed by atoms with Crippen molar-refractivity contribution in [3.8, 4) is 17.2 Å². The zero-order valence-electron chi connectivity index (χ0n) is 18.6. The Labute approximate surface area is 201 Å². The van der Waals surface area contributed by atoms with E-state index in [9.17, 15) is 4.79 Å². The van der Waals surface area contributed by atoms with Gasteiger partial charge in [-0.1, -0.05) is 48.2 Å². The van der Waals surface area contributed by atoms with Crippen molar-refractivity contribution in [3.63, 3.8) is 0 Å². The fourth-order valence-electron chi connectivity index (χ4n) is 3.72. The van der Waals surface area contributed by atoms with E-state index >= 15 is 0 Å². The second-order valence-corrected chi connectivity index (χ2v) is 8.67. The quantitative estimate of drug-likeness (QED) is 0.381. The SMILES string of the molecule is COc1ccccc1Cc1nc2ccccc2nc1SCC(=O)NCc1ccc2c(c1)OCO2. The van der Waals surface area contributed by atoms with E-state index in [0.29, 0.717) is 18.7 Å². The fraction of sp³-hybridized carbons (Fsp3) is 0.192. The summed E-state index contributed by atoms with van der Waals surface area (Å²) >= 11 is 1.39. The highest BCUT2D eigenvalue weighted by Gasteiger charge is 2.16. The standard InChI is InChI=1S/C26H23N3O4S/c1-31-22-9-5-2-6-18(22)13-21-26(29-20-8-4-3-7-19(20)28-21)34-15-25(30)27-14-17-10-11-23-24(12-17)33-16-32-23/h2-12H,13-16H2,1H3,(H,27,30). The van der Waals surface area contributed by atoms with E-state index in [1.807, 2.05) is 66.7 Å². The summed E-state index contributed by atoms with van der Waals surface area (Å²) in [7, 11) is 1.66. The second kappa shape index (κ2) is 10.0. The zero-order chi connectivity index (χ0) is 23.3. The van der Waals surface area contributed by atoms with Crippen LogP contribution in [0.25, 0.3) is 11.0 Å². The lowest BCUT2D eigenvalue weighted by atomic mass is 10.1.